The molecule has 3 aliphatic rings. The maximum Gasteiger partial charge on any atom is 0.415 e. The van der Waals surface area contributed by atoms with Crippen LogP contribution in [0.25, 0.3) is 0 Å². The molecule has 7 heteroatoms. The largest absolute Gasteiger partial charge is 0.444 e. The number of carbonyl (C=O) groups excluding carboxylic acids is 2. The van der Waals surface area contributed by atoms with Crippen molar-refractivity contribution >= 4 is 17.6 Å². The lowest BCUT2D eigenvalue weighted by molar-refractivity contribution is -0.119. The van der Waals surface area contributed by atoms with E-state index in [0.29, 0.717) is 56.2 Å². The zero-order valence-electron chi connectivity index (χ0n) is 15.9. The van der Waals surface area contributed by atoms with Gasteiger partial charge in [-0.25, -0.2) is 9.18 Å². The number of aliphatic hydroxyl groups is 2. The van der Waals surface area contributed by atoms with Crippen LogP contribution in [0, 0.1) is 5.82 Å². The number of hydrogen-bond donors (Lipinski definition) is 2. The van der Waals surface area contributed by atoms with Crippen molar-refractivity contribution in [2.45, 2.75) is 82.1 Å². The second-order valence-electron chi connectivity index (χ2n) is 8.14. The van der Waals surface area contributed by atoms with Crippen LogP contribution in [-0.2, 0) is 16.0 Å². The van der Waals surface area contributed by atoms with Gasteiger partial charge in [-0.3, -0.25) is 9.69 Å². The van der Waals surface area contributed by atoms with Crippen molar-refractivity contribution in [1.82, 2.24) is 0 Å². The molecule has 1 amide bonds. The van der Waals surface area contributed by atoms with Crippen LogP contribution in [0.5, 0.6) is 0 Å². The van der Waals surface area contributed by atoms with Gasteiger partial charge in [0.25, 0.3) is 0 Å². The molecule has 152 valence electrons. The number of hydrogen-bond acceptors (Lipinski definition) is 5. The van der Waals surface area contributed by atoms with Gasteiger partial charge in [0.1, 0.15) is 17.7 Å². The van der Waals surface area contributed by atoms with Crippen molar-refractivity contribution < 1.29 is 28.9 Å². The molecule has 0 bridgehead atoms. The molecule has 1 aromatic rings. The Morgan fingerprint density at radius 2 is 2.07 bits per heavy atom. The summed E-state index contributed by atoms with van der Waals surface area (Å²) in [5, 5.41) is 19.7. The van der Waals surface area contributed by atoms with Gasteiger partial charge in [0.15, 0.2) is 0 Å². The molecule has 2 aliphatic heterocycles. The van der Waals surface area contributed by atoms with Crippen LogP contribution in [0.4, 0.5) is 14.9 Å². The fourth-order valence-corrected chi connectivity index (χ4v) is 4.76. The molecule has 0 radical (unpaired) electrons. The van der Waals surface area contributed by atoms with E-state index in [-0.39, 0.29) is 23.8 Å². The second kappa shape index (κ2) is 7.44. The van der Waals surface area contributed by atoms with E-state index in [1.165, 1.54) is 11.0 Å². The summed E-state index contributed by atoms with van der Waals surface area (Å²) < 4.78 is 20.3. The summed E-state index contributed by atoms with van der Waals surface area (Å²) in [4.78, 5) is 25.5. The van der Waals surface area contributed by atoms with Gasteiger partial charge in [0.05, 0.1) is 23.9 Å². The number of benzene rings is 1. The fourth-order valence-electron chi connectivity index (χ4n) is 4.76. The quantitative estimate of drug-likeness (QED) is 0.806. The number of Topliss-reactive ketones (excluding diaryl/α,β-unsaturated/α-hetero) is 1. The summed E-state index contributed by atoms with van der Waals surface area (Å²) >= 11 is 0. The highest BCUT2D eigenvalue weighted by Crippen LogP contribution is 2.43. The van der Waals surface area contributed by atoms with Gasteiger partial charge in [0.2, 0.25) is 0 Å². The van der Waals surface area contributed by atoms with Crippen molar-refractivity contribution in [1.29, 1.82) is 0 Å². The molecule has 5 atom stereocenters. The van der Waals surface area contributed by atoms with Crippen LogP contribution in [0.1, 0.15) is 62.5 Å². The summed E-state index contributed by atoms with van der Waals surface area (Å²) in [6.45, 7) is 1.81. The number of cyclic esters (lactones) is 1. The van der Waals surface area contributed by atoms with E-state index in [1.54, 1.807) is 6.07 Å². The maximum absolute atomic E-state index is 14.9. The summed E-state index contributed by atoms with van der Waals surface area (Å²) in [6.07, 6.45) is 0.825. The third-order valence-electron chi connectivity index (χ3n) is 6.42. The lowest BCUT2D eigenvalue weighted by atomic mass is 9.80. The highest BCUT2D eigenvalue weighted by Gasteiger charge is 2.47. The van der Waals surface area contributed by atoms with Crippen LogP contribution in [0.3, 0.4) is 0 Å². The summed E-state index contributed by atoms with van der Waals surface area (Å²) in [5.41, 5.74) is 1.97. The Morgan fingerprint density at radius 3 is 2.79 bits per heavy atom. The minimum Gasteiger partial charge on any atom is -0.444 e. The second-order valence-corrected chi connectivity index (χ2v) is 8.14. The number of anilines is 1. The van der Waals surface area contributed by atoms with E-state index in [0.717, 1.165) is 5.56 Å². The van der Waals surface area contributed by atoms with E-state index < -0.39 is 24.1 Å². The van der Waals surface area contributed by atoms with Crippen LogP contribution in [0.15, 0.2) is 12.1 Å². The molecule has 6 nitrogen and oxygen atoms in total. The maximum atomic E-state index is 14.9. The molecule has 1 aliphatic carbocycles. The van der Waals surface area contributed by atoms with Gasteiger partial charge in [-0.2, -0.15) is 0 Å². The molecular formula is C21H26FNO5. The number of ether oxygens (including phenoxy) is 1. The summed E-state index contributed by atoms with van der Waals surface area (Å²) in [5.74, 6) is -0.411. The first-order valence-electron chi connectivity index (χ1n) is 10.1. The monoisotopic (exact) mass is 391 g/mol. The molecule has 4 rings (SSSR count). The number of rotatable bonds is 5. The van der Waals surface area contributed by atoms with Crippen LogP contribution >= 0.6 is 0 Å². The van der Waals surface area contributed by atoms with Gasteiger partial charge in [-0.15, -0.1) is 0 Å². The molecule has 1 aromatic carbocycles. The number of carbonyl (C=O) groups is 2. The molecule has 28 heavy (non-hydrogen) atoms. The van der Waals surface area contributed by atoms with E-state index >= 15 is 0 Å². The lowest BCUT2D eigenvalue weighted by Crippen LogP contribution is -2.33. The number of aliphatic hydroxyl groups excluding tert-OH is 2. The van der Waals surface area contributed by atoms with Crippen molar-refractivity contribution in [3.63, 3.8) is 0 Å². The summed E-state index contributed by atoms with van der Waals surface area (Å²) in [6, 6.07) is 2.99. The molecule has 1 unspecified atom stereocenters. The van der Waals surface area contributed by atoms with Gasteiger partial charge < -0.3 is 14.9 Å². The molecule has 2 N–H and O–H groups in total. The molecule has 1 saturated carbocycles. The minimum absolute atomic E-state index is 0.136. The molecule has 2 fully saturated rings. The molecule has 2 heterocycles. The average molecular weight is 391 g/mol. The standard InChI is InChI=1S/C21H26FNO5/c1-2-13(24)4-6-20-17-8-12-7-14(11-3-5-18(25)19(26)9-11)15(22)10-16(12)23(17)21(27)28-20/h7,10-11,17-20,25-26H,2-6,8-9H2,1H3/t11?,17-,18+,19-,20-/m0/s1. The number of ketones is 1. The van der Waals surface area contributed by atoms with Gasteiger partial charge >= 0.3 is 6.09 Å². The molecular weight excluding hydrogens is 365 g/mol. The first-order valence-corrected chi connectivity index (χ1v) is 10.1. The zero-order valence-corrected chi connectivity index (χ0v) is 15.9. The SMILES string of the molecule is CCC(=O)CC[C@@H]1OC(=O)N2c3cc(F)c(C4CC[C@@H](O)[C@@H](O)C4)cc3C[C@@H]12. The Balaban J connectivity index is 1.55. The van der Waals surface area contributed by atoms with Gasteiger partial charge in [0, 0.05) is 12.8 Å². The average Bonchev–Trinajstić information content (AvgIpc) is 3.18. The Morgan fingerprint density at radius 1 is 1.29 bits per heavy atom. The topological polar surface area (TPSA) is 87.1 Å². The highest BCUT2D eigenvalue weighted by molar-refractivity contribution is 5.94. The van der Waals surface area contributed by atoms with E-state index in [9.17, 15) is 24.2 Å². The Bertz CT molecular complexity index is 797. The molecule has 0 aromatic heterocycles. The van der Waals surface area contributed by atoms with Crippen molar-refractivity contribution in [2.75, 3.05) is 4.90 Å². The van der Waals surface area contributed by atoms with E-state index in [2.05, 4.69) is 0 Å². The fraction of sp³-hybridized carbons (Fsp3) is 0.619. The Labute approximate surface area is 163 Å². The smallest absolute Gasteiger partial charge is 0.415 e. The first kappa shape index (κ1) is 19.3. The number of amides is 1. The minimum atomic E-state index is -0.843. The van der Waals surface area contributed by atoms with Crippen LogP contribution in [0.2, 0.25) is 0 Å². The molecule has 0 spiro atoms. The van der Waals surface area contributed by atoms with Crippen molar-refractivity contribution in [3.8, 4) is 0 Å². The lowest BCUT2D eigenvalue weighted by Gasteiger charge is -2.30. The van der Waals surface area contributed by atoms with Gasteiger partial charge in [-0.05, 0) is 55.2 Å². The number of fused-ring (bicyclic) bond motifs is 3. The van der Waals surface area contributed by atoms with Crippen LogP contribution < -0.4 is 4.90 Å². The predicted octanol–water partition coefficient (Wildman–Crippen LogP) is 2.82. The van der Waals surface area contributed by atoms with Crippen LogP contribution in [-0.4, -0.2) is 46.4 Å². The molecule has 1 saturated heterocycles. The Hall–Kier alpha value is -1.99. The van der Waals surface area contributed by atoms with Crippen molar-refractivity contribution in [3.05, 3.63) is 29.1 Å². The zero-order chi connectivity index (χ0) is 20.0. The predicted molar refractivity (Wildman–Crippen MR) is 99.8 cm³/mol. The normalized spacial score (nSPS) is 31.5. The highest BCUT2D eigenvalue weighted by atomic mass is 19.1. The first-order chi connectivity index (χ1) is 13.4. The number of nitrogens with zero attached hydrogens (tertiary/aromatic N) is 1. The van der Waals surface area contributed by atoms with Crippen molar-refractivity contribution in [2.24, 2.45) is 0 Å². The van der Waals surface area contributed by atoms with E-state index in [4.69, 9.17) is 4.74 Å². The third kappa shape index (κ3) is 3.31. The third-order valence-corrected chi connectivity index (χ3v) is 6.42. The van der Waals surface area contributed by atoms with Gasteiger partial charge in [-0.1, -0.05) is 13.0 Å². The summed E-state index contributed by atoms with van der Waals surface area (Å²) in [7, 11) is 0. The Kier molecular flexibility index (Phi) is 5.14. The van der Waals surface area contributed by atoms with E-state index in [1.807, 2.05) is 6.92 Å². The number of halogens is 1.